The molecule has 0 aliphatic carbocycles. The van der Waals surface area contributed by atoms with E-state index in [1.807, 2.05) is 48.7 Å². The van der Waals surface area contributed by atoms with E-state index in [0.717, 1.165) is 11.1 Å². The zero-order valence-corrected chi connectivity index (χ0v) is 18.6. The van der Waals surface area contributed by atoms with Crippen LogP contribution in [0.2, 0.25) is 0 Å². The van der Waals surface area contributed by atoms with Gasteiger partial charge in [-0.25, -0.2) is 5.43 Å². The average Bonchev–Trinajstić information content (AvgIpc) is 3.24. The van der Waals surface area contributed by atoms with Crippen LogP contribution in [-0.4, -0.2) is 51.3 Å². The van der Waals surface area contributed by atoms with Crippen molar-refractivity contribution >= 4 is 23.4 Å². The molecule has 0 radical (unpaired) electrons. The normalized spacial score (nSPS) is 11.3. The topological polar surface area (TPSA) is 104 Å². The number of nitrogens with one attached hydrogen (secondary N) is 1. The number of aromatic nitrogens is 4. The lowest BCUT2D eigenvalue weighted by atomic mass is 10.2. The van der Waals surface area contributed by atoms with Gasteiger partial charge in [0.2, 0.25) is 0 Å². The quantitative estimate of drug-likeness (QED) is 0.310. The zero-order chi connectivity index (χ0) is 22.2. The molecule has 10 heteroatoms. The Balaban J connectivity index is 1.68. The minimum absolute atomic E-state index is 0.161. The second kappa shape index (κ2) is 10.6. The molecule has 9 nitrogen and oxygen atoms in total. The van der Waals surface area contributed by atoms with Gasteiger partial charge < -0.3 is 14.0 Å². The van der Waals surface area contributed by atoms with Crippen molar-refractivity contribution in [3.8, 4) is 22.9 Å². The minimum Gasteiger partial charge on any atom is -0.493 e. The standard InChI is InChI=1S/C21H24N6O3S/c1-5-27-20(15-8-9-17(29-3)18(11-15)30-4)25-26-21(27)31-13-19(28)24-23-14(2)16-7-6-10-22-12-16/h6-12H,5,13H2,1-4H3,(H,24,28). The van der Waals surface area contributed by atoms with Crippen molar-refractivity contribution < 1.29 is 14.3 Å². The Morgan fingerprint density at radius 2 is 2.00 bits per heavy atom. The molecule has 0 saturated carbocycles. The maximum atomic E-state index is 12.2. The SMILES string of the molecule is CCn1c(SCC(=O)NN=C(C)c2cccnc2)nnc1-c1ccc(OC)c(OC)c1. The number of amides is 1. The average molecular weight is 441 g/mol. The largest absolute Gasteiger partial charge is 0.493 e. The van der Waals surface area contributed by atoms with Crippen molar-refractivity contribution in [1.82, 2.24) is 25.2 Å². The van der Waals surface area contributed by atoms with Gasteiger partial charge in [0.05, 0.1) is 25.7 Å². The van der Waals surface area contributed by atoms with E-state index in [9.17, 15) is 4.79 Å². The predicted octanol–water partition coefficient (Wildman–Crippen LogP) is 3.01. The summed E-state index contributed by atoms with van der Waals surface area (Å²) in [6.45, 7) is 4.46. The second-order valence-corrected chi connectivity index (χ2v) is 7.33. The van der Waals surface area contributed by atoms with Crippen molar-refractivity contribution in [3.05, 3.63) is 48.3 Å². The van der Waals surface area contributed by atoms with Gasteiger partial charge >= 0.3 is 0 Å². The summed E-state index contributed by atoms with van der Waals surface area (Å²) in [5, 5.41) is 13.3. The summed E-state index contributed by atoms with van der Waals surface area (Å²) in [5.74, 6) is 1.88. The summed E-state index contributed by atoms with van der Waals surface area (Å²) in [5.41, 5.74) is 4.94. The van der Waals surface area contributed by atoms with E-state index in [4.69, 9.17) is 9.47 Å². The summed E-state index contributed by atoms with van der Waals surface area (Å²) >= 11 is 1.30. The maximum absolute atomic E-state index is 12.2. The van der Waals surface area contributed by atoms with Gasteiger partial charge in [-0.2, -0.15) is 5.10 Å². The summed E-state index contributed by atoms with van der Waals surface area (Å²) in [6, 6.07) is 9.28. The molecule has 0 aliphatic heterocycles. The maximum Gasteiger partial charge on any atom is 0.250 e. The first kappa shape index (κ1) is 22.3. The number of hydrazone groups is 1. The van der Waals surface area contributed by atoms with E-state index >= 15 is 0 Å². The Morgan fingerprint density at radius 3 is 2.68 bits per heavy atom. The van der Waals surface area contributed by atoms with Crippen molar-refractivity contribution in [3.63, 3.8) is 0 Å². The van der Waals surface area contributed by atoms with Crippen molar-refractivity contribution in [2.75, 3.05) is 20.0 Å². The number of nitrogens with zero attached hydrogens (tertiary/aromatic N) is 5. The molecule has 31 heavy (non-hydrogen) atoms. The molecule has 162 valence electrons. The second-order valence-electron chi connectivity index (χ2n) is 6.38. The number of ether oxygens (including phenoxy) is 2. The highest BCUT2D eigenvalue weighted by Gasteiger charge is 2.16. The van der Waals surface area contributed by atoms with Gasteiger partial charge in [-0.15, -0.1) is 10.2 Å². The van der Waals surface area contributed by atoms with Crippen LogP contribution < -0.4 is 14.9 Å². The number of carbonyl (C=O) groups excluding carboxylic acids is 1. The van der Waals surface area contributed by atoms with Gasteiger partial charge in [0.1, 0.15) is 0 Å². The first-order valence-corrected chi connectivity index (χ1v) is 10.6. The highest BCUT2D eigenvalue weighted by atomic mass is 32.2. The third-order valence-corrected chi connectivity index (χ3v) is 5.40. The lowest BCUT2D eigenvalue weighted by Gasteiger charge is -2.10. The summed E-state index contributed by atoms with van der Waals surface area (Å²) < 4.78 is 12.6. The summed E-state index contributed by atoms with van der Waals surface area (Å²) in [7, 11) is 3.18. The molecule has 3 rings (SSSR count). The van der Waals surface area contributed by atoms with Crippen LogP contribution in [0.15, 0.2) is 53.0 Å². The fourth-order valence-corrected chi connectivity index (χ4v) is 3.61. The van der Waals surface area contributed by atoms with Crippen molar-refractivity contribution in [2.45, 2.75) is 25.5 Å². The number of hydrogen-bond donors (Lipinski definition) is 1. The molecular formula is C21H24N6O3S. The van der Waals surface area contributed by atoms with Crippen LogP contribution in [0.1, 0.15) is 19.4 Å². The number of carbonyl (C=O) groups is 1. The predicted molar refractivity (Wildman–Crippen MR) is 120 cm³/mol. The number of methoxy groups -OCH3 is 2. The van der Waals surface area contributed by atoms with Gasteiger partial charge in [0, 0.05) is 30.1 Å². The Bertz CT molecular complexity index is 1070. The monoisotopic (exact) mass is 440 g/mol. The molecule has 0 saturated heterocycles. The minimum atomic E-state index is -0.230. The van der Waals surface area contributed by atoms with E-state index in [2.05, 4.69) is 25.7 Å². The molecule has 2 heterocycles. The van der Waals surface area contributed by atoms with Crippen LogP contribution in [-0.2, 0) is 11.3 Å². The van der Waals surface area contributed by atoms with Gasteiger partial charge in [-0.3, -0.25) is 9.78 Å². The molecule has 1 N–H and O–H groups in total. The van der Waals surface area contributed by atoms with Crippen molar-refractivity contribution in [2.24, 2.45) is 5.10 Å². The van der Waals surface area contributed by atoms with Crippen LogP contribution in [0.5, 0.6) is 11.5 Å². The van der Waals surface area contributed by atoms with Crippen LogP contribution >= 0.6 is 11.8 Å². The van der Waals surface area contributed by atoms with E-state index in [1.165, 1.54) is 11.8 Å². The van der Waals surface area contributed by atoms with E-state index in [1.54, 1.807) is 26.6 Å². The highest BCUT2D eigenvalue weighted by molar-refractivity contribution is 7.99. The lowest BCUT2D eigenvalue weighted by Crippen LogP contribution is -2.21. The first-order valence-electron chi connectivity index (χ1n) is 9.59. The summed E-state index contributed by atoms with van der Waals surface area (Å²) in [4.78, 5) is 16.3. The van der Waals surface area contributed by atoms with E-state index in [-0.39, 0.29) is 11.7 Å². The van der Waals surface area contributed by atoms with Gasteiger partial charge in [-0.1, -0.05) is 17.8 Å². The van der Waals surface area contributed by atoms with Gasteiger partial charge in [0.15, 0.2) is 22.5 Å². The number of thioether (sulfide) groups is 1. The Kier molecular flexibility index (Phi) is 7.60. The molecule has 2 aromatic heterocycles. The van der Waals surface area contributed by atoms with Gasteiger partial charge in [0.25, 0.3) is 5.91 Å². The number of pyridine rings is 1. The van der Waals surface area contributed by atoms with Crippen LogP contribution in [0.4, 0.5) is 0 Å². The number of hydrogen-bond acceptors (Lipinski definition) is 8. The molecule has 0 aliphatic rings. The molecule has 0 atom stereocenters. The molecule has 3 aromatic rings. The fourth-order valence-electron chi connectivity index (χ4n) is 2.82. The first-order chi connectivity index (χ1) is 15.1. The lowest BCUT2D eigenvalue weighted by molar-refractivity contribution is -0.118. The molecule has 1 amide bonds. The third kappa shape index (κ3) is 5.40. The number of benzene rings is 1. The Hall–Kier alpha value is -3.40. The van der Waals surface area contributed by atoms with Crippen LogP contribution in [0, 0.1) is 0 Å². The molecule has 1 aromatic carbocycles. The summed E-state index contributed by atoms with van der Waals surface area (Å²) in [6.07, 6.45) is 3.38. The van der Waals surface area contributed by atoms with E-state index < -0.39 is 0 Å². The molecular weight excluding hydrogens is 416 g/mol. The van der Waals surface area contributed by atoms with Crippen LogP contribution in [0.25, 0.3) is 11.4 Å². The highest BCUT2D eigenvalue weighted by Crippen LogP contribution is 2.32. The van der Waals surface area contributed by atoms with Crippen molar-refractivity contribution in [1.29, 1.82) is 0 Å². The van der Waals surface area contributed by atoms with Crippen LogP contribution in [0.3, 0.4) is 0 Å². The molecule has 0 unspecified atom stereocenters. The molecule has 0 spiro atoms. The Morgan fingerprint density at radius 1 is 1.19 bits per heavy atom. The molecule has 0 bridgehead atoms. The molecule has 0 fully saturated rings. The fraction of sp³-hybridized carbons (Fsp3) is 0.286. The number of rotatable bonds is 9. The van der Waals surface area contributed by atoms with E-state index in [0.29, 0.717) is 34.7 Å². The van der Waals surface area contributed by atoms with Gasteiger partial charge in [-0.05, 0) is 38.1 Å². The zero-order valence-electron chi connectivity index (χ0n) is 17.8. The third-order valence-electron chi connectivity index (χ3n) is 4.43. The smallest absolute Gasteiger partial charge is 0.250 e. The Labute approximate surface area is 184 Å².